The average molecular weight is 406 g/mol. The molecule has 0 bridgehead atoms. The Morgan fingerprint density at radius 3 is 2.33 bits per heavy atom. The SMILES string of the molecule is Cc1c(C(=O)N2CCN(C(=O)[C@H]3COc4ccccc4O3)CC2)oc2ccccc12. The van der Waals surface area contributed by atoms with E-state index in [9.17, 15) is 9.59 Å². The number of benzene rings is 2. The number of rotatable bonds is 2. The van der Waals surface area contributed by atoms with E-state index >= 15 is 0 Å². The number of nitrogens with zero attached hydrogens (tertiary/aromatic N) is 2. The Hall–Kier alpha value is -3.48. The fourth-order valence-electron chi connectivity index (χ4n) is 4.00. The summed E-state index contributed by atoms with van der Waals surface area (Å²) in [6.07, 6.45) is -0.667. The van der Waals surface area contributed by atoms with E-state index in [4.69, 9.17) is 13.9 Å². The highest BCUT2D eigenvalue weighted by atomic mass is 16.6. The Morgan fingerprint density at radius 2 is 1.57 bits per heavy atom. The van der Waals surface area contributed by atoms with Crippen LogP contribution in [-0.4, -0.2) is 60.5 Å². The molecular formula is C23H22N2O5. The molecule has 0 spiro atoms. The monoisotopic (exact) mass is 406 g/mol. The van der Waals surface area contributed by atoms with Gasteiger partial charge in [-0.15, -0.1) is 0 Å². The lowest BCUT2D eigenvalue weighted by atomic mass is 10.1. The minimum Gasteiger partial charge on any atom is -0.485 e. The molecule has 0 N–H and O–H groups in total. The number of carbonyl (C=O) groups excluding carboxylic acids is 2. The lowest BCUT2D eigenvalue weighted by Gasteiger charge is -2.36. The Balaban J connectivity index is 1.23. The van der Waals surface area contributed by atoms with Crippen LogP contribution in [0.5, 0.6) is 11.5 Å². The smallest absolute Gasteiger partial charge is 0.290 e. The lowest BCUT2D eigenvalue weighted by Crippen LogP contribution is -2.55. The highest BCUT2D eigenvalue weighted by Gasteiger charge is 2.34. The van der Waals surface area contributed by atoms with Crippen LogP contribution >= 0.6 is 0 Å². The van der Waals surface area contributed by atoms with E-state index in [1.54, 1.807) is 15.9 Å². The highest BCUT2D eigenvalue weighted by Crippen LogP contribution is 2.31. The van der Waals surface area contributed by atoms with Crippen LogP contribution in [0.1, 0.15) is 16.1 Å². The summed E-state index contributed by atoms with van der Waals surface area (Å²) in [7, 11) is 0. The van der Waals surface area contributed by atoms with E-state index in [2.05, 4.69) is 0 Å². The van der Waals surface area contributed by atoms with E-state index in [0.29, 0.717) is 49.0 Å². The topological polar surface area (TPSA) is 72.2 Å². The quantitative estimate of drug-likeness (QED) is 0.654. The summed E-state index contributed by atoms with van der Waals surface area (Å²) in [5.41, 5.74) is 1.56. The van der Waals surface area contributed by atoms with Crippen LogP contribution in [0, 0.1) is 6.92 Å². The van der Waals surface area contributed by atoms with Crippen LogP contribution in [0.25, 0.3) is 11.0 Å². The Bertz CT molecular complexity index is 1110. The number of piperazine rings is 1. The first-order chi connectivity index (χ1) is 14.6. The van der Waals surface area contributed by atoms with Gasteiger partial charge < -0.3 is 23.7 Å². The van der Waals surface area contributed by atoms with Gasteiger partial charge in [0.2, 0.25) is 6.10 Å². The molecule has 2 amide bonds. The number of ether oxygens (including phenoxy) is 2. The van der Waals surface area contributed by atoms with Gasteiger partial charge in [-0.2, -0.15) is 0 Å². The molecule has 1 saturated heterocycles. The Labute approximate surface area is 173 Å². The predicted molar refractivity (Wildman–Crippen MR) is 110 cm³/mol. The number of carbonyl (C=O) groups is 2. The van der Waals surface area contributed by atoms with Crippen LogP contribution in [0.2, 0.25) is 0 Å². The first-order valence-corrected chi connectivity index (χ1v) is 10.1. The molecule has 7 nitrogen and oxygen atoms in total. The molecule has 0 unspecified atom stereocenters. The molecule has 2 aliphatic rings. The fraction of sp³-hybridized carbons (Fsp3) is 0.304. The van der Waals surface area contributed by atoms with Crippen molar-refractivity contribution >= 4 is 22.8 Å². The highest BCUT2D eigenvalue weighted by molar-refractivity contribution is 5.99. The maximum absolute atomic E-state index is 13.0. The minimum absolute atomic E-state index is 0.114. The lowest BCUT2D eigenvalue weighted by molar-refractivity contribution is -0.142. The van der Waals surface area contributed by atoms with Gasteiger partial charge in [-0.3, -0.25) is 9.59 Å². The molecule has 1 aromatic heterocycles. The van der Waals surface area contributed by atoms with Gasteiger partial charge in [-0.25, -0.2) is 0 Å². The van der Waals surface area contributed by atoms with Gasteiger partial charge in [0.1, 0.15) is 12.2 Å². The van der Waals surface area contributed by atoms with Crippen LogP contribution in [-0.2, 0) is 4.79 Å². The number of hydrogen-bond donors (Lipinski definition) is 0. The van der Waals surface area contributed by atoms with Gasteiger partial charge in [0, 0.05) is 37.1 Å². The summed E-state index contributed by atoms with van der Waals surface area (Å²) >= 11 is 0. The maximum Gasteiger partial charge on any atom is 0.290 e. The van der Waals surface area contributed by atoms with Crippen molar-refractivity contribution < 1.29 is 23.5 Å². The number of para-hydroxylation sites is 3. The fourth-order valence-corrected chi connectivity index (χ4v) is 4.00. The van der Waals surface area contributed by atoms with Crippen LogP contribution < -0.4 is 9.47 Å². The number of amides is 2. The molecule has 2 aromatic carbocycles. The third-order valence-electron chi connectivity index (χ3n) is 5.70. The van der Waals surface area contributed by atoms with E-state index < -0.39 is 6.10 Å². The molecule has 3 heterocycles. The minimum atomic E-state index is -0.667. The van der Waals surface area contributed by atoms with Crippen LogP contribution in [0.3, 0.4) is 0 Å². The molecule has 1 atom stereocenters. The van der Waals surface area contributed by atoms with Crippen molar-refractivity contribution in [3.05, 3.63) is 59.9 Å². The molecule has 7 heteroatoms. The molecule has 1 fully saturated rings. The van der Waals surface area contributed by atoms with E-state index in [1.165, 1.54) is 0 Å². The normalized spacial score (nSPS) is 18.5. The zero-order chi connectivity index (χ0) is 20.7. The van der Waals surface area contributed by atoms with Gasteiger partial charge >= 0.3 is 0 Å². The van der Waals surface area contributed by atoms with Gasteiger partial charge in [0.05, 0.1) is 0 Å². The van der Waals surface area contributed by atoms with Gasteiger partial charge in [-0.1, -0.05) is 30.3 Å². The first kappa shape index (κ1) is 18.5. The van der Waals surface area contributed by atoms with Gasteiger partial charge in [0.15, 0.2) is 17.3 Å². The van der Waals surface area contributed by atoms with Crippen molar-refractivity contribution in [2.24, 2.45) is 0 Å². The molecular weight excluding hydrogens is 384 g/mol. The van der Waals surface area contributed by atoms with E-state index in [1.807, 2.05) is 49.4 Å². The number of hydrogen-bond acceptors (Lipinski definition) is 5. The van der Waals surface area contributed by atoms with Gasteiger partial charge in [0.25, 0.3) is 11.8 Å². The Morgan fingerprint density at radius 1 is 0.900 bits per heavy atom. The third kappa shape index (κ3) is 3.16. The summed E-state index contributed by atoms with van der Waals surface area (Å²) in [5, 5.41) is 0.949. The molecule has 2 aliphatic heterocycles. The summed E-state index contributed by atoms with van der Waals surface area (Å²) in [6, 6.07) is 15.0. The van der Waals surface area contributed by atoms with E-state index in [0.717, 1.165) is 10.9 Å². The van der Waals surface area contributed by atoms with Crippen LogP contribution in [0.15, 0.2) is 52.9 Å². The maximum atomic E-state index is 13.0. The van der Waals surface area contributed by atoms with Crippen molar-refractivity contribution in [2.45, 2.75) is 13.0 Å². The molecule has 3 aromatic rings. The third-order valence-corrected chi connectivity index (χ3v) is 5.70. The van der Waals surface area contributed by atoms with Crippen molar-refractivity contribution in [2.75, 3.05) is 32.8 Å². The second-order valence-corrected chi connectivity index (χ2v) is 7.53. The number of aryl methyl sites for hydroxylation is 1. The standard InChI is InChI=1S/C23H22N2O5/c1-15-16-6-2-3-7-17(16)30-21(15)23(27)25-12-10-24(11-13-25)22(26)20-14-28-18-8-4-5-9-19(18)29-20/h2-9,20H,10-14H2,1H3/t20-/m1/s1. The molecule has 5 rings (SSSR count). The zero-order valence-corrected chi connectivity index (χ0v) is 16.7. The predicted octanol–water partition coefficient (Wildman–Crippen LogP) is 2.87. The number of furan rings is 1. The second-order valence-electron chi connectivity index (χ2n) is 7.53. The first-order valence-electron chi connectivity index (χ1n) is 10.1. The Kier molecular flexibility index (Phi) is 4.58. The van der Waals surface area contributed by atoms with Crippen LogP contribution in [0.4, 0.5) is 0 Å². The number of fused-ring (bicyclic) bond motifs is 2. The molecule has 0 aliphatic carbocycles. The molecule has 0 radical (unpaired) electrons. The molecule has 0 saturated carbocycles. The van der Waals surface area contributed by atoms with Crippen molar-refractivity contribution in [3.8, 4) is 11.5 Å². The second kappa shape index (κ2) is 7.40. The largest absolute Gasteiger partial charge is 0.485 e. The van der Waals surface area contributed by atoms with Crippen molar-refractivity contribution in [3.63, 3.8) is 0 Å². The molecule has 154 valence electrons. The average Bonchev–Trinajstić information content (AvgIpc) is 3.14. The molecule has 30 heavy (non-hydrogen) atoms. The van der Waals surface area contributed by atoms with Crippen molar-refractivity contribution in [1.29, 1.82) is 0 Å². The van der Waals surface area contributed by atoms with Crippen molar-refractivity contribution in [1.82, 2.24) is 9.80 Å². The summed E-state index contributed by atoms with van der Waals surface area (Å²) in [4.78, 5) is 29.3. The summed E-state index contributed by atoms with van der Waals surface area (Å²) in [5.74, 6) is 1.35. The summed E-state index contributed by atoms with van der Waals surface area (Å²) < 4.78 is 17.3. The zero-order valence-electron chi connectivity index (χ0n) is 16.7. The summed E-state index contributed by atoms with van der Waals surface area (Å²) in [6.45, 7) is 3.89. The van der Waals surface area contributed by atoms with Gasteiger partial charge in [-0.05, 0) is 25.1 Å². The van der Waals surface area contributed by atoms with E-state index in [-0.39, 0.29) is 18.4 Å².